The van der Waals surface area contributed by atoms with Crippen LogP contribution in [0, 0.1) is 6.92 Å². The molecule has 0 fully saturated rings. The van der Waals surface area contributed by atoms with Gasteiger partial charge in [-0.15, -0.1) is 0 Å². The lowest BCUT2D eigenvalue weighted by atomic mass is 10.0. The maximum Gasteiger partial charge on any atom is 0.304 e. The molecule has 0 amide bonds. The molecule has 5 nitrogen and oxygen atoms in total. The Hall–Kier alpha value is -2.14. The molecule has 1 unspecified atom stereocenters. The summed E-state index contributed by atoms with van der Waals surface area (Å²) in [5.74, 6) is -0.804. The van der Waals surface area contributed by atoms with Crippen LogP contribution in [-0.4, -0.2) is 28.6 Å². The fraction of sp³-hybridized carbons (Fsp3) is 0.412. The van der Waals surface area contributed by atoms with Crippen molar-refractivity contribution in [1.82, 2.24) is 10.3 Å². The minimum atomic E-state index is -0.804. The van der Waals surface area contributed by atoms with E-state index in [4.69, 9.17) is 5.11 Å². The molecule has 2 rings (SSSR count). The van der Waals surface area contributed by atoms with Gasteiger partial charge >= 0.3 is 5.97 Å². The monoisotopic (exact) mass is 302 g/mol. The van der Waals surface area contributed by atoms with E-state index in [2.05, 4.69) is 10.3 Å². The van der Waals surface area contributed by atoms with Crippen molar-refractivity contribution in [1.29, 1.82) is 0 Å². The van der Waals surface area contributed by atoms with Gasteiger partial charge in [-0.1, -0.05) is 12.1 Å². The van der Waals surface area contributed by atoms with Gasteiger partial charge in [0, 0.05) is 34.7 Å². The van der Waals surface area contributed by atoms with Crippen LogP contribution >= 0.6 is 0 Å². The molecule has 118 valence electrons. The molecule has 0 saturated carbocycles. The molecule has 0 bridgehead atoms. The number of rotatable bonds is 7. The van der Waals surface area contributed by atoms with Gasteiger partial charge in [0.2, 0.25) is 0 Å². The highest BCUT2D eigenvalue weighted by atomic mass is 16.4. The van der Waals surface area contributed by atoms with E-state index in [9.17, 15) is 9.59 Å². The van der Waals surface area contributed by atoms with Crippen molar-refractivity contribution in [2.45, 2.75) is 39.2 Å². The Morgan fingerprint density at radius 2 is 2.09 bits per heavy atom. The lowest BCUT2D eigenvalue weighted by Gasteiger charge is -2.14. The fourth-order valence-corrected chi connectivity index (χ4v) is 2.59. The van der Waals surface area contributed by atoms with Crippen LogP contribution in [0.5, 0.6) is 0 Å². The Morgan fingerprint density at radius 3 is 2.82 bits per heavy atom. The largest absolute Gasteiger partial charge is 0.481 e. The SMILES string of the molecule is Cc1[nH]c2ccccc2c(=O)c1CCC(C)NCCC(=O)O. The zero-order valence-corrected chi connectivity index (χ0v) is 13.0. The number of H-pyrrole nitrogens is 1. The van der Waals surface area contributed by atoms with E-state index in [1.165, 1.54) is 0 Å². The second-order valence-electron chi connectivity index (χ2n) is 5.64. The van der Waals surface area contributed by atoms with E-state index in [0.29, 0.717) is 13.0 Å². The highest BCUT2D eigenvalue weighted by Gasteiger charge is 2.11. The maximum atomic E-state index is 12.5. The minimum absolute atomic E-state index is 0.0876. The lowest BCUT2D eigenvalue weighted by molar-refractivity contribution is -0.136. The number of pyridine rings is 1. The van der Waals surface area contributed by atoms with Crippen LogP contribution in [0.2, 0.25) is 0 Å². The molecule has 0 aliphatic heterocycles. The first kappa shape index (κ1) is 16.2. The molecule has 0 aliphatic carbocycles. The molecule has 3 N–H and O–H groups in total. The predicted molar refractivity (Wildman–Crippen MR) is 87.3 cm³/mol. The van der Waals surface area contributed by atoms with Crippen molar-refractivity contribution in [2.24, 2.45) is 0 Å². The molecule has 0 spiro atoms. The summed E-state index contributed by atoms with van der Waals surface area (Å²) in [4.78, 5) is 26.3. The molecule has 1 aromatic carbocycles. The number of carboxylic acids is 1. The molecule has 2 aromatic rings. The number of carbonyl (C=O) groups is 1. The number of carboxylic acid groups (broad SMARTS) is 1. The second kappa shape index (κ2) is 7.22. The number of para-hydroxylation sites is 1. The van der Waals surface area contributed by atoms with Crippen molar-refractivity contribution < 1.29 is 9.90 Å². The van der Waals surface area contributed by atoms with Gasteiger partial charge in [-0.25, -0.2) is 0 Å². The van der Waals surface area contributed by atoms with Crippen molar-refractivity contribution in [3.63, 3.8) is 0 Å². The zero-order chi connectivity index (χ0) is 16.1. The van der Waals surface area contributed by atoms with Gasteiger partial charge in [0.25, 0.3) is 0 Å². The van der Waals surface area contributed by atoms with E-state index in [0.717, 1.165) is 28.6 Å². The Labute approximate surface area is 129 Å². The first-order valence-corrected chi connectivity index (χ1v) is 7.54. The van der Waals surface area contributed by atoms with Crippen molar-refractivity contribution in [2.75, 3.05) is 6.54 Å². The third kappa shape index (κ3) is 3.95. The van der Waals surface area contributed by atoms with Crippen LogP contribution in [0.1, 0.15) is 31.0 Å². The summed E-state index contributed by atoms with van der Waals surface area (Å²) in [6, 6.07) is 7.69. The highest BCUT2D eigenvalue weighted by molar-refractivity contribution is 5.79. The minimum Gasteiger partial charge on any atom is -0.481 e. The fourth-order valence-electron chi connectivity index (χ4n) is 2.59. The molecule has 1 heterocycles. The van der Waals surface area contributed by atoms with Gasteiger partial charge in [-0.3, -0.25) is 9.59 Å². The first-order chi connectivity index (χ1) is 10.5. The molecule has 22 heavy (non-hydrogen) atoms. The lowest BCUT2D eigenvalue weighted by Crippen LogP contribution is -2.29. The third-order valence-electron chi connectivity index (χ3n) is 3.88. The van der Waals surface area contributed by atoms with E-state index in [1.54, 1.807) is 0 Å². The van der Waals surface area contributed by atoms with E-state index < -0.39 is 5.97 Å². The normalized spacial score (nSPS) is 12.5. The van der Waals surface area contributed by atoms with E-state index in [-0.39, 0.29) is 17.9 Å². The highest BCUT2D eigenvalue weighted by Crippen LogP contribution is 2.12. The summed E-state index contributed by atoms with van der Waals surface area (Å²) < 4.78 is 0. The average molecular weight is 302 g/mol. The predicted octanol–water partition coefficient (Wildman–Crippen LogP) is 2.22. The van der Waals surface area contributed by atoms with Gasteiger partial charge in [-0.05, 0) is 38.8 Å². The number of fused-ring (bicyclic) bond motifs is 1. The topological polar surface area (TPSA) is 82.2 Å². The molecular formula is C17H22N2O3. The second-order valence-corrected chi connectivity index (χ2v) is 5.64. The molecule has 5 heteroatoms. The van der Waals surface area contributed by atoms with Crippen LogP contribution in [0.25, 0.3) is 10.9 Å². The van der Waals surface area contributed by atoms with Crippen molar-refractivity contribution in [3.8, 4) is 0 Å². The summed E-state index contributed by atoms with van der Waals surface area (Å²) in [5, 5.41) is 12.5. The van der Waals surface area contributed by atoms with Crippen LogP contribution < -0.4 is 10.7 Å². The third-order valence-corrected chi connectivity index (χ3v) is 3.88. The Kier molecular flexibility index (Phi) is 5.33. The summed E-state index contributed by atoms with van der Waals surface area (Å²) in [5.41, 5.74) is 2.66. The number of benzene rings is 1. The summed E-state index contributed by atoms with van der Waals surface area (Å²) in [6.45, 7) is 4.38. The standard InChI is InChI=1S/C17H22N2O3/c1-11(18-10-9-16(20)21)7-8-13-12(2)19-15-6-4-3-5-14(15)17(13)22/h3-6,11,18H,7-10H2,1-2H3,(H,19,22)(H,20,21). The number of aromatic nitrogens is 1. The van der Waals surface area contributed by atoms with Gasteiger partial charge < -0.3 is 15.4 Å². The number of hydrogen-bond donors (Lipinski definition) is 3. The quantitative estimate of drug-likeness (QED) is 0.732. The Balaban J connectivity index is 2.05. The summed E-state index contributed by atoms with van der Waals surface area (Å²) in [6.07, 6.45) is 1.58. The van der Waals surface area contributed by atoms with Crippen LogP contribution in [0.4, 0.5) is 0 Å². The number of hydrogen-bond acceptors (Lipinski definition) is 3. The summed E-state index contributed by atoms with van der Waals surface area (Å²) >= 11 is 0. The molecule has 0 aliphatic rings. The van der Waals surface area contributed by atoms with Crippen LogP contribution in [-0.2, 0) is 11.2 Å². The van der Waals surface area contributed by atoms with Crippen molar-refractivity contribution in [3.05, 3.63) is 45.7 Å². The van der Waals surface area contributed by atoms with Crippen molar-refractivity contribution >= 4 is 16.9 Å². The number of aliphatic carboxylic acids is 1. The number of nitrogens with one attached hydrogen (secondary N) is 2. The number of aryl methyl sites for hydroxylation is 1. The van der Waals surface area contributed by atoms with E-state index >= 15 is 0 Å². The Bertz CT molecular complexity index is 721. The molecule has 1 aromatic heterocycles. The van der Waals surface area contributed by atoms with E-state index in [1.807, 2.05) is 38.1 Å². The Morgan fingerprint density at radius 1 is 1.36 bits per heavy atom. The first-order valence-electron chi connectivity index (χ1n) is 7.54. The van der Waals surface area contributed by atoms with Gasteiger partial charge in [0.05, 0.1) is 6.42 Å². The maximum absolute atomic E-state index is 12.5. The average Bonchev–Trinajstić information content (AvgIpc) is 2.46. The molecule has 0 radical (unpaired) electrons. The van der Waals surface area contributed by atoms with Crippen LogP contribution in [0.15, 0.2) is 29.1 Å². The molecule has 0 saturated heterocycles. The number of aromatic amines is 1. The van der Waals surface area contributed by atoms with Gasteiger partial charge in [0.15, 0.2) is 5.43 Å². The molecular weight excluding hydrogens is 280 g/mol. The smallest absolute Gasteiger partial charge is 0.304 e. The zero-order valence-electron chi connectivity index (χ0n) is 13.0. The van der Waals surface area contributed by atoms with Gasteiger partial charge in [-0.2, -0.15) is 0 Å². The van der Waals surface area contributed by atoms with Gasteiger partial charge in [0.1, 0.15) is 0 Å². The van der Waals surface area contributed by atoms with Crippen LogP contribution in [0.3, 0.4) is 0 Å². The summed E-state index contributed by atoms with van der Waals surface area (Å²) in [7, 11) is 0. The molecule has 1 atom stereocenters.